The molecule has 3 unspecified atom stereocenters. The highest BCUT2D eigenvalue weighted by atomic mass is 32.2. The first-order chi connectivity index (χ1) is 7.21. The van der Waals surface area contributed by atoms with Gasteiger partial charge in [-0.25, -0.2) is 0 Å². The number of carboxylic acid groups (broad SMARTS) is 1. The van der Waals surface area contributed by atoms with E-state index in [9.17, 15) is 13.2 Å². The molecule has 1 fully saturated rings. The second-order valence-electron chi connectivity index (χ2n) is 4.05. The number of hydrogen-bond acceptors (Lipinski definition) is 5. The van der Waals surface area contributed by atoms with E-state index in [1.54, 1.807) is 0 Å². The molecule has 1 rings (SSSR count). The van der Waals surface area contributed by atoms with Gasteiger partial charge in [-0.15, -0.1) is 0 Å². The summed E-state index contributed by atoms with van der Waals surface area (Å²) in [6.45, 7) is 0. The van der Waals surface area contributed by atoms with Gasteiger partial charge in [0.05, 0.1) is 11.2 Å². The van der Waals surface area contributed by atoms with Crippen LogP contribution in [0.1, 0.15) is 19.3 Å². The molecule has 0 amide bonds. The first kappa shape index (κ1) is 13.4. The smallest absolute Gasteiger partial charge is 0.306 e. The van der Waals surface area contributed by atoms with Gasteiger partial charge in [-0.1, -0.05) is 0 Å². The molecule has 0 heterocycles. The lowest BCUT2D eigenvalue weighted by molar-refractivity contribution is -0.146. The summed E-state index contributed by atoms with van der Waals surface area (Å²) in [5.41, 5.74) is 0. The van der Waals surface area contributed by atoms with E-state index in [1.165, 1.54) is 0 Å². The Labute approximate surface area is 92.5 Å². The normalized spacial score (nSPS) is 31.6. The van der Waals surface area contributed by atoms with Crippen LogP contribution in [-0.4, -0.2) is 45.8 Å². The van der Waals surface area contributed by atoms with Crippen molar-refractivity contribution < 1.29 is 33.1 Å². The molecular weight excluding hydrogens is 240 g/mol. The SMILES string of the molecule is O=C(O)C1CC(C(O)O)CC(S(=O)(=O)O)C1. The molecule has 0 bridgehead atoms. The molecule has 1 aliphatic carbocycles. The molecule has 16 heavy (non-hydrogen) atoms. The predicted octanol–water partition coefficient (Wildman–Crippen LogP) is -0.946. The highest BCUT2D eigenvalue weighted by Crippen LogP contribution is 2.34. The summed E-state index contributed by atoms with van der Waals surface area (Å²) in [5.74, 6) is -3.02. The Hall–Kier alpha value is -0.700. The summed E-state index contributed by atoms with van der Waals surface area (Å²) in [5, 5.41) is 25.4. The van der Waals surface area contributed by atoms with Crippen molar-refractivity contribution in [2.75, 3.05) is 0 Å². The molecule has 0 aromatic carbocycles. The Bertz CT molecular complexity index is 361. The van der Waals surface area contributed by atoms with Gasteiger partial charge in [0.1, 0.15) is 0 Å². The zero-order valence-corrected chi connectivity index (χ0v) is 9.17. The van der Waals surface area contributed by atoms with E-state index in [1.807, 2.05) is 0 Å². The third-order valence-corrected chi connectivity index (χ3v) is 4.12. The lowest BCUT2D eigenvalue weighted by Gasteiger charge is -2.32. The van der Waals surface area contributed by atoms with Gasteiger partial charge in [0, 0.05) is 5.92 Å². The van der Waals surface area contributed by atoms with Crippen LogP contribution in [0.5, 0.6) is 0 Å². The second kappa shape index (κ2) is 4.66. The van der Waals surface area contributed by atoms with E-state index in [2.05, 4.69) is 0 Å². The molecule has 0 saturated heterocycles. The Morgan fingerprint density at radius 3 is 2.12 bits per heavy atom. The quantitative estimate of drug-likeness (QED) is 0.377. The predicted molar refractivity (Wildman–Crippen MR) is 52.0 cm³/mol. The van der Waals surface area contributed by atoms with E-state index in [0.29, 0.717) is 0 Å². The van der Waals surface area contributed by atoms with Crippen LogP contribution in [0.2, 0.25) is 0 Å². The van der Waals surface area contributed by atoms with Crippen molar-refractivity contribution in [3.63, 3.8) is 0 Å². The number of aliphatic carboxylic acids is 1. The molecule has 0 radical (unpaired) electrons. The molecular formula is C8H14O7S. The summed E-state index contributed by atoms with van der Waals surface area (Å²) in [6, 6.07) is 0. The van der Waals surface area contributed by atoms with Gasteiger partial charge >= 0.3 is 5.97 Å². The topological polar surface area (TPSA) is 132 Å². The van der Waals surface area contributed by atoms with Crippen LogP contribution in [0.15, 0.2) is 0 Å². The monoisotopic (exact) mass is 254 g/mol. The fourth-order valence-electron chi connectivity index (χ4n) is 2.00. The minimum Gasteiger partial charge on any atom is -0.481 e. The Kier molecular flexibility index (Phi) is 3.89. The van der Waals surface area contributed by atoms with Crippen LogP contribution in [0.4, 0.5) is 0 Å². The van der Waals surface area contributed by atoms with E-state index >= 15 is 0 Å². The number of rotatable bonds is 3. The zero-order chi connectivity index (χ0) is 12.5. The Balaban J connectivity index is 2.87. The maximum atomic E-state index is 10.9. The van der Waals surface area contributed by atoms with Crippen molar-refractivity contribution in [3.05, 3.63) is 0 Å². The third kappa shape index (κ3) is 3.14. The number of hydrogen-bond donors (Lipinski definition) is 4. The Morgan fingerprint density at radius 1 is 1.19 bits per heavy atom. The van der Waals surface area contributed by atoms with Crippen LogP contribution >= 0.6 is 0 Å². The molecule has 0 aliphatic heterocycles. The number of carbonyl (C=O) groups is 1. The average molecular weight is 254 g/mol. The van der Waals surface area contributed by atoms with Crippen LogP contribution in [0.25, 0.3) is 0 Å². The first-order valence-corrected chi connectivity index (χ1v) is 6.27. The van der Waals surface area contributed by atoms with Crippen molar-refractivity contribution >= 4 is 16.1 Å². The lowest BCUT2D eigenvalue weighted by Crippen LogP contribution is -2.39. The molecule has 0 aromatic heterocycles. The summed E-state index contributed by atoms with van der Waals surface area (Å²) in [7, 11) is -4.34. The molecule has 0 spiro atoms. The largest absolute Gasteiger partial charge is 0.481 e. The van der Waals surface area contributed by atoms with Gasteiger partial charge in [0.15, 0.2) is 6.29 Å². The van der Waals surface area contributed by atoms with Gasteiger partial charge in [0.25, 0.3) is 10.1 Å². The van der Waals surface area contributed by atoms with Gasteiger partial charge in [-0.3, -0.25) is 9.35 Å². The molecule has 1 saturated carbocycles. The van der Waals surface area contributed by atoms with Crippen molar-refractivity contribution in [3.8, 4) is 0 Å². The highest BCUT2D eigenvalue weighted by molar-refractivity contribution is 7.86. The number of aliphatic hydroxyl groups excluding tert-OH is 1. The highest BCUT2D eigenvalue weighted by Gasteiger charge is 2.40. The van der Waals surface area contributed by atoms with Gasteiger partial charge in [-0.05, 0) is 19.3 Å². The second-order valence-corrected chi connectivity index (χ2v) is 5.75. The molecule has 0 aromatic rings. The van der Waals surface area contributed by atoms with Crippen molar-refractivity contribution in [1.82, 2.24) is 0 Å². The maximum absolute atomic E-state index is 10.9. The summed E-state index contributed by atoms with van der Waals surface area (Å²) in [6.07, 6.45) is -2.11. The standard InChI is InChI=1S/C8H14O7S/c9-7(10)4-1-5(8(11)12)3-6(2-4)16(13,14)15/h4-7,9-10H,1-3H2,(H,11,12)(H,13,14,15). The molecule has 8 heteroatoms. The van der Waals surface area contributed by atoms with Gasteiger partial charge < -0.3 is 15.3 Å². The van der Waals surface area contributed by atoms with Crippen LogP contribution in [0, 0.1) is 11.8 Å². The molecule has 7 nitrogen and oxygen atoms in total. The fourth-order valence-corrected chi connectivity index (χ4v) is 2.96. The summed E-state index contributed by atoms with van der Waals surface area (Å²) < 4.78 is 30.7. The van der Waals surface area contributed by atoms with Crippen molar-refractivity contribution in [1.29, 1.82) is 0 Å². The molecule has 3 atom stereocenters. The average Bonchev–Trinajstić information content (AvgIpc) is 2.15. The first-order valence-electron chi connectivity index (χ1n) is 4.77. The lowest BCUT2D eigenvalue weighted by atomic mass is 9.81. The van der Waals surface area contributed by atoms with E-state index < -0.39 is 39.5 Å². The van der Waals surface area contributed by atoms with Gasteiger partial charge in [0.2, 0.25) is 0 Å². The van der Waals surface area contributed by atoms with Crippen molar-refractivity contribution in [2.45, 2.75) is 30.8 Å². The summed E-state index contributed by atoms with van der Waals surface area (Å²) >= 11 is 0. The van der Waals surface area contributed by atoms with Crippen LogP contribution in [-0.2, 0) is 14.9 Å². The Morgan fingerprint density at radius 2 is 1.75 bits per heavy atom. The van der Waals surface area contributed by atoms with E-state index in [0.717, 1.165) is 0 Å². The number of carboxylic acids is 1. The maximum Gasteiger partial charge on any atom is 0.306 e. The molecule has 1 aliphatic rings. The minimum atomic E-state index is -4.34. The van der Waals surface area contributed by atoms with E-state index in [4.69, 9.17) is 19.9 Å². The van der Waals surface area contributed by atoms with Crippen LogP contribution < -0.4 is 0 Å². The summed E-state index contributed by atoms with van der Waals surface area (Å²) in [4.78, 5) is 10.8. The van der Waals surface area contributed by atoms with E-state index in [-0.39, 0.29) is 19.3 Å². The molecule has 94 valence electrons. The fraction of sp³-hybridized carbons (Fsp3) is 0.875. The third-order valence-electron chi connectivity index (χ3n) is 2.89. The minimum absolute atomic E-state index is 0.000972. The van der Waals surface area contributed by atoms with Gasteiger partial charge in [-0.2, -0.15) is 8.42 Å². The number of aliphatic hydroxyl groups is 2. The molecule has 4 N–H and O–H groups in total. The zero-order valence-electron chi connectivity index (χ0n) is 8.35. The van der Waals surface area contributed by atoms with Crippen LogP contribution in [0.3, 0.4) is 0 Å². The van der Waals surface area contributed by atoms with Crippen molar-refractivity contribution in [2.24, 2.45) is 11.8 Å².